The van der Waals surface area contributed by atoms with E-state index in [1.165, 1.54) is 0 Å². The molecular formula is C23H18BrClN2O3. The summed E-state index contributed by atoms with van der Waals surface area (Å²) in [5.41, 5.74) is 3.67. The van der Waals surface area contributed by atoms with Gasteiger partial charge in [-0.05, 0) is 59.7 Å². The Balaban J connectivity index is 1.56. The first kappa shape index (κ1) is 19.4. The van der Waals surface area contributed by atoms with Crippen LogP contribution in [0.15, 0.2) is 70.1 Å². The maximum Gasteiger partial charge on any atom is 0.231 e. The molecular weight excluding hydrogens is 468 g/mol. The zero-order valence-electron chi connectivity index (χ0n) is 15.8. The summed E-state index contributed by atoms with van der Waals surface area (Å²) in [6, 6.07) is 18.9. The van der Waals surface area contributed by atoms with Gasteiger partial charge >= 0.3 is 0 Å². The second-order valence-electron chi connectivity index (χ2n) is 7.22. The molecule has 0 saturated carbocycles. The minimum Gasteiger partial charge on any atom is -0.508 e. The number of fused-ring (bicyclic) bond motifs is 1. The lowest BCUT2D eigenvalue weighted by atomic mass is 9.93. The molecule has 0 aliphatic carbocycles. The van der Waals surface area contributed by atoms with E-state index in [-0.39, 0.29) is 24.8 Å². The Kier molecular flexibility index (Phi) is 5.15. The molecule has 0 spiro atoms. The highest BCUT2D eigenvalue weighted by atomic mass is 79.9. The van der Waals surface area contributed by atoms with Gasteiger partial charge < -0.3 is 14.6 Å². The summed E-state index contributed by atoms with van der Waals surface area (Å²) in [6.45, 7) is 0.230. The zero-order chi connectivity index (χ0) is 20.7. The van der Waals surface area contributed by atoms with Gasteiger partial charge in [0.2, 0.25) is 6.79 Å². The van der Waals surface area contributed by atoms with Gasteiger partial charge in [-0.3, -0.25) is 10.3 Å². The number of halogens is 2. The summed E-state index contributed by atoms with van der Waals surface area (Å²) in [5, 5.41) is 14.6. The first-order valence-corrected chi connectivity index (χ1v) is 10.7. The highest BCUT2D eigenvalue weighted by Crippen LogP contribution is 2.38. The minimum atomic E-state index is -0.268. The predicted molar refractivity (Wildman–Crippen MR) is 120 cm³/mol. The lowest BCUT2D eigenvalue weighted by molar-refractivity contribution is 0.174. The molecule has 5 rings (SSSR count). The van der Waals surface area contributed by atoms with E-state index in [1.54, 1.807) is 18.2 Å². The van der Waals surface area contributed by atoms with E-state index in [1.807, 2.05) is 42.5 Å². The normalized spacial score (nSPS) is 20.1. The van der Waals surface area contributed by atoms with E-state index in [4.69, 9.17) is 26.1 Å². The van der Waals surface area contributed by atoms with Crippen molar-refractivity contribution >= 4 is 33.2 Å². The minimum absolute atomic E-state index is 0.157. The van der Waals surface area contributed by atoms with Crippen molar-refractivity contribution in [3.05, 3.63) is 86.8 Å². The highest BCUT2D eigenvalue weighted by molar-refractivity contribution is 9.10. The molecule has 0 aromatic heterocycles. The number of rotatable bonds is 3. The Labute approximate surface area is 187 Å². The van der Waals surface area contributed by atoms with Crippen LogP contribution in [0.25, 0.3) is 0 Å². The number of ether oxygens (including phenoxy) is 2. The average molecular weight is 486 g/mol. The van der Waals surface area contributed by atoms with Crippen molar-refractivity contribution in [3.8, 4) is 17.2 Å². The standard InChI is InChI=1S/C23H18BrClN2O3/c24-15-4-1-13(2-5-15)23-26-18(14-3-8-21-22(9-14)30-12-29-21)11-19(27-23)17-10-16(25)6-7-20(17)28/h1-10,19,23,27-28H,11-12H2/t19-,23-/m1/s1. The molecule has 7 heteroatoms. The number of benzene rings is 3. The molecule has 2 aliphatic rings. The van der Waals surface area contributed by atoms with Crippen molar-refractivity contribution in [2.75, 3.05) is 6.79 Å². The number of aliphatic imine (C=N–C) groups is 1. The first-order valence-electron chi connectivity index (χ1n) is 9.53. The Bertz CT molecular complexity index is 1130. The molecule has 3 aromatic carbocycles. The first-order chi connectivity index (χ1) is 14.6. The molecule has 2 atom stereocenters. The lowest BCUT2D eigenvalue weighted by Gasteiger charge is -2.31. The third kappa shape index (κ3) is 3.78. The fourth-order valence-corrected chi connectivity index (χ4v) is 4.22. The molecule has 0 fully saturated rings. The van der Waals surface area contributed by atoms with Gasteiger partial charge in [-0.1, -0.05) is 39.7 Å². The zero-order valence-corrected chi connectivity index (χ0v) is 18.2. The lowest BCUT2D eigenvalue weighted by Crippen LogP contribution is -2.33. The van der Waals surface area contributed by atoms with Crippen LogP contribution in [0.3, 0.4) is 0 Å². The Morgan fingerprint density at radius 2 is 1.80 bits per heavy atom. The van der Waals surface area contributed by atoms with Crippen LogP contribution in [0.2, 0.25) is 5.02 Å². The molecule has 0 radical (unpaired) electrons. The van der Waals surface area contributed by atoms with Crippen molar-refractivity contribution in [2.45, 2.75) is 18.6 Å². The number of nitrogens with one attached hydrogen (secondary N) is 1. The summed E-state index contributed by atoms with van der Waals surface area (Å²) in [6.07, 6.45) is 0.330. The van der Waals surface area contributed by atoms with Crippen molar-refractivity contribution < 1.29 is 14.6 Å². The molecule has 2 aliphatic heterocycles. The molecule has 0 amide bonds. The maximum atomic E-state index is 10.5. The van der Waals surface area contributed by atoms with Crippen LogP contribution in [0.1, 0.15) is 35.3 Å². The van der Waals surface area contributed by atoms with E-state index in [2.05, 4.69) is 21.2 Å². The third-order valence-corrected chi connectivity index (χ3v) is 6.06. The summed E-state index contributed by atoms with van der Waals surface area (Å²) in [7, 11) is 0. The van der Waals surface area contributed by atoms with Gasteiger partial charge in [0.05, 0.1) is 0 Å². The summed E-state index contributed by atoms with van der Waals surface area (Å²) >= 11 is 9.70. The number of phenolic OH excluding ortho intramolecular Hbond substituents is 1. The third-order valence-electron chi connectivity index (χ3n) is 5.30. The van der Waals surface area contributed by atoms with Crippen LogP contribution < -0.4 is 14.8 Å². The van der Waals surface area contributed by atoms with Crippen molar-refractivity contribution in [1.82, 2.24) is 5.32 Å². The van der Waals surface area contributed by atoms with Crippen molar-refractivity contribution in [3.63, 3.8) is 0 Å². The molecule has 2 N–H and O–H groups in total. The van der Waals surface area contributed by atoms with E-state index in [0.29, 0.717) is 11.4 Å². The van der Waals surface area contributed by atoms with Crippen molar-refractivity contribution in [1.29, 1.82) is 0 Å². The number of hydrogen-bond donors (Lipinski definition) is 2. The van der Waals surface area contributed by atoms with Gasteiger partial charge in [-0.2, -0.15) is 0 Å². The SMILES string of the molecule is Oc1ccc(Cl)cc1[C@H]1CC(c2ccc3c(c2)OCO3)=N[C@@H](c2ccc(Br)cc2)N1. The number of hydrogen-bond acceptors (Lipinski definition) is 5. The predicted octanol–water partition coefficient (Wildman–Crippen LogP) is 5.76. The average Bonchev–Trinajstić information content (AvgIpc) is 3.23. The van der Waals surface area contributed by atoms with Crippen LogP contribution in [0.5, 0.6) is 17.2 Å². The fourth-order valence-electron chi connectivity index (χ4n) is 3.78. The van der Waals surface area contributed by atoms with Crippen LogP contribution in [0.4, 0.5) is 0 Å². The van der Waals surface area contributed by atoms with Crippen LogP contribution in [0, 0.1) is 0 Å². The molecule has 3 aromatic rings. The summed E-state index contributed by atoms with van der Waals surface area (Å²) in [4.78, 5) is 4.98. The number of nitrogens with zero attached hydrogens (tertiary/aromatic N) is 1. The second-order valence-corrected chi connectivity index (χ2v) is 8.58. The molecule has 152 valence electrons. The largest absolute Gasteiger partial charge is 0.508 e. The highest BCUT2D eigenvalue weighted by Gasteiger charge is 2.28. The summed E-state index contributed by atoms with van der Waals surface area (Å²) < 4.78 is 12.0. The van der Waals surface area contributed by atoms with Crippen molar-refractivity contribution in [2.24, 2.45) is 4.99 Å². The second kappa shape index (κ2) is 7.95. The Hall–Kier alpha value is -2.54. The molecule has 0 saturated heterocycles. The molecule has 0 unspecified atom stereocenters. The summed E-state index contributed by atoms with van der Waals surface area (Å²) in [5.74, 6) is 1.66. The van der Waals surface area contributed by atoms with Crippen LogP contribution in [-0.2, 0) is 0 Å². The molecule has 5 nitrogen and oxygen atoms in total. The van der Waals surface area contributed by atoms with Gasteiger partial charge in [0.15, 0.2) is 11.5 Å². The van der Waals surface area contributed by atoms with Gasteiger partial charge in [-0.25, -0.2) is 0 Å². The fraction of sp³-hybridized carbons (Fsp3) is 0.174. The van der Waals surface area contributed by atoms with Gasteiger partial charge in [-0.15, -0.1) is 0 Å². The van der Waals surface area contributed by atoms with E-state index in [0.717, 1.165) is 38.4 Å². The number of aromatic hydroxyl groups is 1. The Morgan fingerprint density at radius 1 is 1.00 bits per heavy atom. The van der Waals surface area contributed by atoms with E-state index < -0.39 is 0 Å². The Morgan fingerprint density at radius 3 is 2.63 bits per heavy atom. The van der Waals surface area contributed by atoms with Gasteiger partial charge in [0.1, 0.15) is 11.9 Å². The van der Waals surface area contributed by atoms with Gasteiger partial charge in [0, 0.05) is 33.2 Å². The topological polar surface area (TPSA) is 63.1 Å². The molecule has 2 heterocycles. The monoisotopic (exact) mass is 484 g/mol. The smallest absolute Gasteiger partial charge is 0.231 e. The van der Waals surface area contributed by atoms with Crippen LogP contribution in [-0.4, -0.2) is 17.6 Å². The quantitative estimate of drug-likeness (QED) is 0.495. The van der Waals surface area contributed by atoms with Gasteiger partial charge in [0.25, 0.3) is 0 Å². The molecule has 30 heavy (non-hydrogen) atoms. The van der Waals surface area contributed by atoms with E-state index in [9.17, 15) is 5.11 Å². The van der Waals surface area contributed by atoms with E-state index >= 15 is 0 Å². The van der Waals surface area contributed by atoms with Crippen LogP contribution >= 0.6 is 27.5 Å². The molecule has 0 bridgehead atoms. The maximum absolute atomic E-state index is 10.5. The number of phenols is 1.